The number of halogens is 1. The van der Waals surface area contributed by atoms with Crippen LogP contribution in [0.5, 0.6) is 5.75 Å². The molecule has 134 valence electrons. The number of rotatable bonds is 7. The fraction of sp³-hybridized carbons (Fsp3) is 0.429. The van der Waals surface area contributed by atoms with E-state index in [9.17, 15) is 0 Å². The molecule has 1 aliphatic rings. The van der Waals surface area contributed by atoms with Crippen molar-refractivity contribution in [3.63, 3.8) is 0 Å². The molecule has 4 heteroatoms. The third-order valence-electron chi connectivity index (χ3n) is 4.75. The van der Waals surface area contributed by atoms with Crippen molar-refractivity contribution in [1.82, 2.24) is 9.80 Å². The maximum Gasteiger partial charge on any atom is 0.119 e. The summed E-state index contributed by atoms with van der Waals surface area (Å²) in [6.45, 7) is 6.61. The monoisotopic (exact) mass is 402 g/mol. The van der Waals surface area contributed by atoms with E-state index in [0.717, 1.165) is 16.6 Å². The molecule has 0 N–H and O–H groups in total. The lowest BCUT2D eigenvalue weighted by Crippen LogP contribution is -2.44. The molecule has 0 amide bonds. The van der Waals surface area contributed by atoms with Gasteiger partial charge in [-0.25, -0.2) is 0 Å². The number of hydrogen-bond acceptors (Lipinski definition) is 3. The van der Waals surface area contributed by atoms with E-state index in [1.807, 2.05) is 12.1 Å². The first kappa shape index (κ1) is 18.4. The molecule has 0 bridgehead atoms. The molecular weight excluding hydrogens is 376 g/mol. The molecule has 0 atom stereocenters. The molecule has 0 unspecified atom stereocenters. The molecule has 0 spiro atoms. The van der Waals surface area contributed by atoms with Crippen molar-refractivity contribution < 1.29 is 4.74 Å². The third kappa shape index (κ3) is 6.14. The van der Waals surface area contributed by atoms with E-state index in [2.05, 4.69) is 69.2 Å². The molecule has 25 heavy (non-hydrogen) atoms. The molecule has 1 aliphatic heterocycles. The van der Waals surface area contributed by atoms with Gasteiger partial charge in [-0.05, 0) is 61.8 Å². The summed E-state index contributed by atoms with van der Waals surface area (Å²) in [5.41, 5.74) is 2.56. The Morgan fingerprint density at radius 1 is 0.960 bits per heavy atom. The summed E-state index contributed by atoms with van der Waals surface area (Å²) in [6, 6.07) is 16.8. The van der Waals surface area contributed by atoms with Gasteiger partial charge >= 0.3 is 0 Å². The summed E-state index contributed by atoms with van der Waals surface area (Å²) in [6.07, 6.45) is 2.36. The van der Waals surface area contributed by atoms with Gasteiger partial charge in [0, 0.05) is 30.7 Å². The number of benzene rings is 2. The van der Waals surface area contributed by atoms with Crippen LogP contribution in [0.4, 0.5) is 0 Å². The molecule has 0 aromatic heterocycles. The van der Waals surface area contributed by atoms with Crippen LogP contribution in [0.2, 0.25) is 0 Å². The minimum atomic E-state index is 0.599. The van der Waals surface area contributed by atoms with Gasteiger partial charge in [0.15, 0.2) is 0 Å². The zero-order valence-electron chi connectivity index (χ0n) is 15.0. The third-order valence-corrected chi connectivity index (χ3v) is 5.25. The van der Waals surface area contributed by atoms with Crippen LogP contribution >= 0.6 is 15.9 Å². The van der Waals surface area contributed by atoms with E-state index in [0.29, 0.717) is 6.61 Å². The largest absolute Gasteiger partial charge is 0.489 e. The summed E-state index contributed by atoms with van der Waals surface area (Å²) >= 11 is 3.49. The number of hydrogen-bond donors (Lipinski definition) is 0. The Hall–Kier alpha value is -1.36. The highest BCUT2D eigenvalue weighted by Gasteiger charge is 2.12. The van der Waals surface area contributed by atoms with Crippen molar-refractivity contribution in [2.24, 2.45) is 0 Å². The summed E-state index contributed by atoms with van der Waals surface area (Å²) in [7, 11) is 2.21. The van der Waals surface area contributed by atoms with Crippen molar-refractivity contribution in [3.8, 4) is 5.75 Å². The van der Waals surface area contributed by atoms with Crippen molar-refractivity contribution in [2.45, 2.75) is 19.4 Å². The van der Waals surface area contributed by atoms with Crippen LogP contribution in [0, 0.1) is 0 Å². The molecule has 0 saturated carbocycles. The fourth-order valence-electron chi connectivity index (χ4n) is 3.12. The number of piperazine rings is 1. The van der Waals surface area contributed by atoms with Gasteiger partial charge in [0.2, 0.25) is 0 Å². The molecule has 2 aromatic carbocycles. The van der Waals surface area contributed by atoms with Gasteiger partial charge in [-0.2, -0.15) is 0 Å². The summed E-state index contributed by atoms with van der Waals surface area (Å²) in [5.74, 6) is 0.933. The van der Waals surface area contributed by atoms with E-state index in [4.69, 9.17) is 4.74 Å². The first-order valence-corrected chi connectivity index (χ1v) is 9.85. The molecule has 1 heterocycles. The van der Waals surface area contributed by atoms with Crippen LogP contribution in [0.15, 0.2) is 53.0 Å². The molecule has 3 nitrogen and oxygen atoms in total. The number of aryl methyl sites for hydroxylation is 1. The maximum atomic E-state index is 5.88. The van der Waals surface area contributed by atoms with Gasteiger partial charge < -0.3 is 14.5 Å². The lowest BCUT2D eigenvalue weighted by molar-refractivity contribution is 0.153. The predicted octanol–water partition coefficient (Wildman–Crippen LogP) is 4.21. The zero-order chi connectivity index (χ0) is 17.5. The van der Waals surface area contributed by atoms with Crippen molar-refractivity contribution >= 4 is 15.9 Å². The van der Waals surface area contributed by atoms with Crippen LogP contribution < -0.4 is 4.74 Å². The summed E-state index contributed by atoms with van der Waals surface area (Å²) in [4.78, 5) is 4.98. The standard InChI is InChI=1S/C21H27BrN2O/c1-23-12-14-24(15-13-23)11-3-5-18-7-9-21(10-8-18)25-17-19-4-2-6-20(22)16-19/h2,4,6-10,16H,3,5,11-15,17H2,1H3. The minimum absolute atomic E-state index is 0.599. The Labute approximate surface area is 159 Å². The predicted molar refractivity (Wildman–Crippen MR) is 107 cm³/mol. The van der Waals surface area contributed by atoms with Crippen LogP contribution in [0.25, 0.3) is 0 Å². The summed E-state index contributed by atoms with van der Waals surface area (Å²) < 4.78 is 6.97. The minimum Gasteiger partial charge on any atom is -0.489 e. The number of likely N-dealkylation sites (N-methyl/N-ethyl adjacent to an activating group) is 1. The van der Waals surface area contributed by atoms with Crippen molar-refractivity contribution in [3.05, 3.63) is 64.1 Å². The van der Waals surface area contributed by atoms with Gasteiger partial charge in [0.1, 0.15) is 12.4 Å². The fourth-order valence-corrected chi connectivity index (χ4v) is 3.57. The molecule has 1 fully saturated rings. The molecule has 0 aliphatic carbocycles. The summed E-state index contributed by atoms with van der Waals surface area (Å²) in [5, 5.41) is 0. The Kier molecular flexibility index (Phi) is 6.91. The number of ether oxygens (including phenoxy) is 1. The Bertz CT molecular complexity index is 651. The lowest BCUT2D eigenvalue weighted by Gasteiger charge is -2.32. The SMILES string of the molecule is CN1CCN(CCCc2ccc(OCc3cccc(Br)c3)cc2)CC1. The Morgan fingerprint density at radius 2 is 1.72 bits per heavy atom. The quantitative estimate of drug-likeness (QED) is 0.689. The van der Waals surface area contributed by atoms with Gasteiger partial charge in [0.05, 0.1) is 0 Å². The van der Waals surface area contributed by atoms with E-state index in [1.54, 1.807) is 0 Å². The van der Waals surface area contributed by atoms with E-state index >= 15 is 0 Å². The van der Waals surface area contributed by atoms with Gasteiger partial charge in [-0.1, -0.05) is 40.2 Å². The van der Waals surface area contributed by atoms with Crippen LogP contribution in [-0.4, -0.2) is 49.6 Å². The lowest BCUT2D eigenvalue weighted by atomic mass is 10.1. The molecule has 0 radical (unpaired) electrons. The van der Waals surface area contributed by atoms with Crippen LogP contribution in [-0.2, 0) is 13.0 Å². The Morgan fingerprint density at radius 3 is 2.44 bits per heavy atom. The van der Waals surface area contributed by atoms with Crippen molar-refractivity contribution in [2.75, 3.05) is 39.8 Å². The first-order valence-electron chi connectivity index (χ1n) is 9.06. The zero-order valence-corrected chi connectivity index (χ0v) is 16.5. The Balaban J connectivity index is 1.39. The van der Waals surface area contributed by atoms with Gasteiger partial charge in [-0.15, -0.1) is 0 Å². The highest BCUT2D eigenvalue weighted by atomic mass is 79.9. The molecule has 1 saturated heterocycles. The smallest absolute Gasteiger partial charge is 0.119 e. The molecular formula is C21H27BrN2O. The second-order valence-electron chi connectivity index (χ2n) is 6.81. The second-order valence-corrected chi connectivity index (χ2v) is 7.73. The normalized spacial score (nSPS) is 16.1. The molecule has 2 aromatic rings. The number of nitrogens with zero attached hydrogens (tertiary/aromatic N) is 2. The van der Waals surface area contributed by atoms with Crippen molar-refractivity contribution in [1.29, 1.82) is 0 Å². The molecule has 3 rings (SSSR count). The van der Waals surface area contributed by atoms with E-state index < -0.39 is 0 Å². The second kappa shape index (κ2) is 9.37. The maximum absolute atomic E-state index is 5.88. The highest BCUT2D eigenvalue weighted by Crippen LogP contribution is 2.17. The first-order chi connectivity index (χ1) is 12.2. The van der Waals surface area contributed by atoms with Crippen LogP contribution in [0.1, 0.15) is 17.5 Å². The average Bonchev–Trinajstić information content (AvgIpc) is 2.63. The topological polar surface area (TPSA) is 15.7 Å². The van der Waals surface area contributed by atoms with Crippen LogP contribution in [0.3, 0.4) is 0 Å². The van der Waals surface area contributed by atoms with Gasteiger partial charge in [-0.3, -0.25) is 0 Å². The van der Waals surface area contributed by atoms with E-state index in [1.165, 1.54) is 50.3 Å². The van der Waals surface area contributed by atoms with Gasteiger partial charge in [0.25, 0.3) is 0 Å². The van der Waals surface area contributed by atoms with E-state index in [-0.39, 0.29) is 0 Å². The average molecular weight is 403 g/mol. The highest BCUT2D eigenvalue weighted by molar-refractivity contribution is 9.10.